The molecule has 15 rings (SSSR count). The average Bonchev–Trinajstić information content (AvgIpc) is 1.66. The maximum atomic E-state index is 7.07. The van der Waals surface area contributed by atoms with Gasteiger partial charge in [0, 0.05) is 45.6 Å². The minimum absolute atomic E-state index is 0.0345. The largest absolute Gasteiger partial charge is 0.457 e. The summed E-state index contributed by atoms with van der Waals surface area (Å²) in [5.41, 5.74) is 24.2. The number of nitrogens with zero attached hydrogens (tertiary/aromatic N) is 4. The molecule has 404 valence electrons. The van der Waals surface area contributed by atoms with E-state index in [4.69, 9.17) is 9.72 Å². The highest BCUT2D eigenvalue weighted by Crippen LogP contribution is 2.59. The number of ether oxygens (including phenoxy) is 1. The van der Waals surface area contributed by atoms with Gasteiger partial charge in [-0.2, -0.15) is 0 Å². The monoisotopic (exact) mass is 1080 g/mol. The third kappa shape index (κ3) is 8.74. The number of fused-ring (bicyclic) bond motifs is 5. The molecule has 0 amide bonds. The zero-order valence-corrected chi connectivity index (χ0v) is 47.9. The molecule has 0 saturated heterocycles. The van der Waals surface area contributed by atoms with Crippen LogP contribution in [0.2, 0.25) is 0 Å². The molecule has 11 aromatic carbocycles. The molecule has 0 atom stereocenters. The molecule has 13 aromatic rings. The second kappa shape index (κ2) is 20.0. The summed E-state index contributed by atoms with van der Waals surface area (Å²) < 4.78 is 9.35. The highest BCUT2D eigenvalue weighted by atomic mass is 16.5. The third-order valence-electron chi connectivity index (χ3n) is 17.4. The number of hydrogen-bond acceptors (Lipinski definition) is 4. The second-order valence-electron chi connectivity index (χ2n) is 24.0. The van der Waals surface area contributed by atoms with Crippen LogP contribution in [0.15, 0.2) is 273 Å². The van der Waals surface area contributed by atoms with Crippen LogP contribution in [0.4, 0.5) is 22.7 Å². The van der Waals surface area contributed by atoms with Gasteiger partial charge >= 0.3 is 0 Å². The lowest BCUT2D eigenvalue weighted by molar-refractivity contribution is 0.482. The van der Waals surface area contributed by atoms with Crippen LogP contribution in [0.1, 0.15) is 51.3 Å². The molecule has 4 heterocycles. The fourth-order valence-electron chi connectivity index (χ4n) is 13.1. The van der Waals surface area contributed by atoms with Crippen LogP contribution in [0.25, 0.3) is 94.4 Å². The van der Waals surface area contributed by atoms with Crippen LogP contribution < -0.4 is 14.5 Å². The van der Waals surface area contributed by atoms with Gasteiger partial charge in [0.05, 0.1) is 33.8 Å². The average molecular weight is 1080 g/mol. The maximum Gasteiger partial charge on any atom is 0.137 e. The van der Waals surface area contributed by atoms with Gasteiger partial charge in [0.1, 0.15) is 24.0 Å². The van der Waals surface area contributed by atoms with Gasteiger partial charge in [-0.1, -0.05) is 211 Å². The number of pyridine rings is 1. The standard InChI is InChI=1S/C79H62N4O/c1-78(2,3)62-40-41-80-75(48-62)83-71-34-19-18-30-67(71)68-38-36-63(49-73(68)83)84-64-37-39-69-74(50-64)82-51-81(72-35-21-33-70(77(72)82)79(69,4)5)76-65(60-44-56(52-22-10-6-11-23-52)42-57(45-60)53-24-12-7-13-25-53)31-20-32-66(76)61-46-58(54-26-14-8-15-27-54)43-59(47-61)55-28-16-9-17-29-55/h6-50H,51H2,1-5H3. The van der Waals surface area contributed by atoms with E-state index in [9.17, 15) is 0 Å². The molecule has 0 bridgehead atoms. The van der Waals surface area contributed by atoms with E-state index < -0.39 is 0 Å². The molecule has 0 saturated carbocycles. The van der Waals surface area contributed by atoms with E-state index in [1.165, 1.54) is 78.0 Å². The number of rotatable bonds is 10. The van der Waals surface area contributed by atoms with Crippen molar-refractivity contribution in [2.24, 2.45) is 0 Å². The van der Waals surface area contributed by atoms with Gasteiger partial charge in [0.15, 0.2) is 0 Å². The minimum Gasteiger partial charge on any atom is -0.457 e. The van der Waals surface area contributed by atoms with E-state index >= 15 is 0 Å². The molecule has 84 heavy (non-hydrogen) atoms. The van der Waals surface area contributed by atoms with Crippen molar-refractivity contribution < 1.29 is 4.74 Å². The predicted octanol–water partition coefficient (Wildman–Crippen LogP) is 21.2. The van der Waals surface area contributed by atoms with Crippen LogP contribution in [-0.2, 0) is 10.8 Å². The molecule has 0 fully saturated rings. The molecule has 2 aromatic heterocycles. The Morgan fingerprint density at radius 2 is 0.869 bits per heavy atom. The molecular weight excluding hydrogens is 1020 g/mol. The maximum absolute atomic E-state index is 7.07. The number of benzene rings is 11. The van der Waals surface area contributed by atoms with Crippen LogP contribution >= 0.6 is 0 Å². The summed E-state index contributed by atoms with van der Waals surface area (Å²) in [6, 6.07) is 97.5. The fourth-order valence-corrected chi connectivity index (χ4v) is 13.1. The van der Waals surface area contributed by atoms with Crippen molar-refractivity contribution in [1.82, 2.24) is 9.55 Å². The fraction of sp³-hybridized carbons (Fsp3) is 0.101. The SMILES string of the molecule is CC(C)(C)c1ccnc(-n2c3ccccc3c3ccc(Oc4ccc5c(c4)N4CN(c6c(-c7cc(-c8ccccc8)cc(-c8ccccc8)c7)cccc6-c6cc(-c7ccccc7)cc(-c7ccccc7)c6)c6cccc(c64)C5(C)C)cc32)c1. The number of anilines is 4. The van der Waals surface area contributed by atoms with Crippen LogP contribution in [0, 0.1) is 0 Å². The summed E-state index contributed by atoms with van der Waals surface area (Å²) >= 11 is 0. The van der Waals surface area contributed by atoms with Crippen molar-refractivity contribution in [2.75, 3.05) is 16.5 Å². The van der Waals surface area contributed by atoms with Gasteiger partial charge in [-0.3, -0.25) is 4.57 Å². The normalized spacial score (nSPS) is 13.3. The Balaban J connectivity index is 0.905. The smallest absolute Gasteiger partial charge is 0.137 e. The summed E-state index contributed by atoms with van der Waals surface area (Å²) in [5, 5.41) is 2.33. The van der Waals surface area contributed by atoms with Crippen LogP contribution in [0.3, 0.4) is 0 Å². The first-order valence-corrected chi connectivity index (χ1v) is 29.2. The Morgan fingerprint density at radius 3 is 1.44 bits per heavy atom. The lowest BCUT2D eigenvalue weighted by Crippen LogP contribution is -2.33. The van der Waals surface area contributed by atoms with Crippen molar-refractivity contribution in [3.8, 4) is 84.1 Å². The summed E-state index contributed by atoms with van der Waals surface area (Å²) in [6.07, 6.45) is 1.93. The van der Waals surface area contributed by atoms with Crippen molar-refractivity contribution in [3.05, 3.63) is 290 Å². The molecule has 2 aliphatic rings. The summed E-state index contributed by atoms with van der Waals surface area (Å²) in [4.78, 5) is 10.1. The van der Waals surface area contributed by atoms with Crippen molar-refractivity contribution >= 4 is 44.6 Å². The molecule has 0 unspecified atom stereocenters. The van der Waals surface area contributed by atoms with E-state index in [2.05, 4.69) is 316 Å². The van der Waals surface area contributed by atoms with E-state index in [0.29, 0.717) is 6.67 Å². The highest BCUT2D eigenvalue weighted by molar-refractivity contribution is 6.10. The number of para-hydroxylation sites is 3. The third-order valence-corrected chi connectivity index (χ3v) is 17.4. The van der Waals surface area contributed by atoms with Gasteiger partial charge in [0.2, 0.25) is 0 Å². The summed E-state index contributed by atoms with van der Waals surface area (Å²) in [5.74, 6) is 2.43. The Kier molecular flexibility index (Phi) is 12.1. The number of aromatic nitrogens is 2. The van der Waals surface area contributed by atoms with Crippen molar-refractivity contribution in [3.63, 3.8) is 0 Å². The van der Waals surface area contributed by atoms with Crippen LogP contribution in [0.5, 0.6) is 11.5 Å². The Hall–Kier alpha value is -10.2. The molecule has 0 N–H and O–H groups in total. The molecule has 0 spiro atoms. The summed E-state index contributed by atoms with van der Waals surface area (Å²) in [6.45, 7) is 12.1. The van der Waals surface area contributed by atoms with Gasteiger partial charge in [-0.25, -0.2) is 4.98 Å². The van der Waals surface area contributed by atoms with Crippen molar-refractivity contribution in [1.29, 1.82) is 0 Å². The molecule has 0 radical (unpaired) electrons. The predicted molar refractivity (Wildman–Crippen MR) is 351 cm³/mol. The molecular formula is C79H62N4O. The first-order valence-electron chi connectivity index (χ1n) is 29.2. The van der Waals surface area contributed by atoms with Crippen molar-refractivity contribution in [2.45, 2.75) is 45.4 Å². The first kappa shape index (κ1) is 50.7. The first-order chi connectivity index (χ1) is 41.0. The van der Waals surface area contributed by atoms with Gasteiger partial charge < -0.3 is 14.5 Å². The van der Waals surface area contributed by atoms with E-state index in [-0.39, 0.29) is 10.8 Å². The molecule has 5 heteroatoms. The zero-order chi connectivity index (χ0) is 56.7. The van der Waals surface area contributed by atoms with E-state index in [1.54, 1.807) is 0 Å². The Morgan fingerprint density at radius 1 is 0.381 bits per heavy atom. The van der Waals surface area contributed by atoms with Crippen LogP contribution in [-0.4, -0.2) is 16.2 Å². The number of hydrogen-bond donors (Lipinski definition) is 0. The Labute approximate surface area is 492 Å². The zero-order valence-electron chi connectivity index (χ0n) is 47.9. The molecule has 0 aliphatic carbocycles. The lowest BCUT2D eigenvalue weighted by atomic mass is 9.73. The van der Waals surface area contributed by atoms with E-state index in [1.807, 2.05) is 6.20 Å². The molecule has 5 nitrogen and oxygen atoms in total. The lowest BCUT2D eigenvalue weighted by Gasteiger charge is -2.39. The molecule has 2 aliphatic heterocycles. The van der Waals surface area contributed by atoms with Gasteiger partial charge in [-0.05, 0) is 157 Å². The minimum atomic E-state index is -0.328. The topological polar surface area (TPSA) is 33.5 Å². The quantitative estimate of drug-likeness (QED) is 0.137. The van der Waals surface area contributed by atoms with E-state index in [0.717, 1.165) is 67.4 Å². The highest BCUT2D eigenvalue weighted by Gasteiger charge is 2.43. The Bertz CT molecular complexity index is 4410. The van der Waals surface area contributed by atoms with Gasteiger partial charge in [-0.15, -0.1) is 0 Å². The summed E-state index contributed by atoms with van der Waals surface area (Å²) in [7, 11) is 0. The van der Waals surface area contributed by atoms with Gasteiger partial charge in [0.25, 0.3) is 0 Å². The second-order valence-corrected chi connectivity index (χ2v) is 24.0.